The lowest BCUT2D eigenvalue weighted by atomic mass is 10.0. The Balaban J connectivity index is 1.54. The Morgan fingerprint density at radius 3 is 2.37 bits per heavy atom. The van der Waals surface area contributed by atoms with Gasteiger partial charge in [0.05, 0.1) is 13.2 Å². The minimum Gasteiger partial charge on any atom is -0.355 e. The van der Waals surface area contributed by atoms with Gasteiger partial charge in [0.1, 0.15) is 34.9 Å². The van der Waals surface area contributed by atoms with Crippen molar-refractivity contribution in [3.05, 3.63) is 36.2 Å². The molecule has 0 unspecified atom stereocenters. The summed E-state index contributed by atoms with van der Waals surface area (Å²) >= 11 is 0. The predicted octanol–water partition coefficient (Wildman–Crippen LogP) is 2.91. The zero-order chi connectivity index (χ0) is 18.4. The Bertz CT molecular complexity index is 973. The number of anilines is 1. The normalized spacial score (nSPS) is 19.3. The second-order valence-corrected chi connectivity index (χ2v) is 6.66. The molecular formula is C18H16F2N4O3. The summed E-state index contributed by atoms with van der Waals surface area (Å²) in [7, 11) is 0. The molecule has 140 valence electrons. The van der Waals surface area contributed by atoms with Gasteiger partial charge in [-0.1, -0.05) is 5.16 Å². The molecule has 1 aromatic carbocycles. The molecule has 4 heterocycles. The number of benzene rings is 1. The van der Waals surface area contributed by atoms with Gasteiger partial charge >= 0.3 is 0 Å². The van der Waals surface area contributed by atoms with Crippen molar-refractivity contribution in [3.8, 4) is 11.3 Å². The van der Waals surface area contributed by atoms with Crippen LogP contribution >= 0.6 is 0 Å². The molecule has 0 atom stereocenters. The summed E-state index contributed by atoms with van der Waals surface area (Å²) < 4.78 is 44.2. The number of hydrogen-bond acceptors (Lipinski definition) is 7. The summed E-state index contributed by atoms with van der Waals surface area (Å²) in [5, 5.41) is 4.52. The van der Waals surface area contributed by atoms with E-state index in [1.807, 2.05) is 0 Å². The molecule has 27 heavy (non-hydrogen) atoms. The number of piperidine rings is 1. The minimum atomic E-state index is -0.685. The van der Waals surface area contributed by atoms with Gasteiger partial charge in [-0.2, -0.15) is 4.98 Å². The lowest BCUT2D eigenvalue weighted by molar-refractivity contribution is -0.169. The fourth-order valence-corrected chi connectivity index (χ4v) is 3.74. The topological polar surface area (TPSA) is 73.5 Å². The summed E-state index contributed by atoms with van der Waals surface area (Å²) in [5.41, 5.74) is 0.860. The highest BCUT2D eigenvalue weighted by Crippen LogP contribution is 2.37. The zero-order valence-electron chi connectivity index (χ0n) is 14.3. The van der Waals surface area contributed by atoms with Crippen LogP contribution in [0.2, 0.25) is 0 Å². The third kappa shape index (κ3) is 2.83. The molecule has 9 heteroatoms. The van der Waals surface area contributed by atoms with Crippen molar-refractivity contribution >= 4 is 16.9 Å². The zero-order valence-corrected chi connectivity index (χ0v) is 14.3. The van der Waals surface area contributed by atoms with E-state index < -0.39 is 17.4 Å². The summed E-state index contributed by atoms with van der Waals surface area (Å²) in [6, 6.07) is 3.24. The molecule has 0 amide bonds. The first-order valence-corrected chi connectivity index (χ1v) is 8.73. The molecule has 0 aliphatic carbocycles. The molecule has 2 aromatic heterocycles. The highest BCUT2D eigenvalue weighted by molar-refractivity contribution is 5.97. The summed E-state index contributed by atoms with van der Waals surface area (Å²) in [6.45, 7) is 2.54. The predicted molar refractivity (Wildman–Crippen MR) is 91.0 cm³/mol. The van der Waals surface area contributed by atoms with E-state index in [-0.39, 0.29) is 11.3 Å². The fraction of sp³-hybridized carbons (Fsp3) is 0.389. The van der Waals surface area contributed by atoms with Gasteiger partial charge in [-0.25, -0.2) is 13.8 Å². The lowest BCUT2D eigenvalue weighted by Gasteiger charge is -2.38. The van der Waals surface area contributed by atoms with E-state index in [9.17, 15) is 8.78 Å². The van der Waals surface area contributed by atoms with Crippen LogP contribution in [0.15, 0.2) is 29.0 Å². The van der Waals surface area contributed by atoms with Crippen LogP contribution in [-0.2, 0) is 9.47 Å². The van der Waals surface area contributed by atoms with Gasteiger partial charge in [0.25, 0.3) is 5.71 Å². The van der Waals surface area contributed by atoms with Gasteiger partial charge in [-0.05, 0) is 12.1 Å². The number of aromatic nitrogens is 3. The Morgan fingerprint density at radius 2 is 1.67 bits per heavy atom. The van der Waals surface area contributed by atoms with Crippen LogP contribution in [0.25, 0.3) is 22.4 Å². The summed E-state index contributed by atoms with van der Waals surface area (Å²) in [4.78, 5) is 10.6. The van der Waals surface area contributed by atoms with Crippen LogP contribution in [0.3, 0.4) is 0 Å². The average molecular weight is 374 g/mol. The van der Waals surface area contributed by atoms with Gasteiger partial charge in [0, 0.05) is 37.6 Å². The van der Waals surface area contributed by atoms with E-state index in [2.05, 4.69) is 20.0 Å². The molecule has 0 radical (unpaired) electrons. The third-order valence-corrected chi connectivity index (χ3v) is 5.03. The maximum atomic E-state index is 13.7. The van der Waals surface area contributed by atoms with Crippen LogP contribution in [0.4, 0.5) is 14.6 Å². The molecule has 0 saturated carbocycles. The first-order valence-electron chi connectivity index (χ1n) is 8.73. The number of rotatable bonds is 2. The first kappa shape index (κ1) is 16.5. The van der Waals surface area contributed by atoms with E-state index in [1.165, 1.54) is 18.5 Å². The first-order chi connectivity index (χ1) is 13.1. The molecule has 2 aliphatic heterocycles. The van der Waals surface area contributed by atoms with Gasteiger partial charge in [0.15, 0.2) is 5.79 Å². The molecule has 2 aliphatic rings. The van der Waals surface area contributed by atoms with Crippen molar-refractivity contribution in [1.29, 1.82) is 0 Å². The van der Waals surface area contributed by atoms with Crippen molar-refractivity contribution in [1.82, 2.24) is 15.1 Å². The van der Waals surface area contributed by atoms with Crippen molar-refractivity contribution in [2.45, 2.75) is 18.6 Å². The highest BCUT2D eigenvalue weighted by atomic mass is 19.1. The average Bonchev–Trinajstić information content (AvgIpc) is 3.29. The van der Waals surface area contributed by atoms with E-state index in [0.29, 0.717) is 56.0 Å². The van der Waals surface area contributed by atoms with Crippen LogP contribution in [0, 0.1) is 11.6 Å². The Morgan fingerprint density at radius 1 is 0.963 bits per heavy atom. The number of ether oxygens (including phenoxy) is 2. The van der Waals surface area contributed by atoms with Crippen molar-refractivity contribution in [2.75, 3.05) is 31.2 Å². The second-order valence-electron chi connectivity index (χ2n) is 6.66. The summed E-state index contributed by atoms with van der Waals surface area (Å²) in [5.74, 6) is -1.26. The second kappa shape index (κ2) is 6.21. The standard InChI is InChI=1S/C18H16F2N4O3/c19-12-7-11(8-13(20)9-12)15-14-16(21-10-22-17(14)27-23-15)24-3-1-18(2-4-24)25-5-6-26-18/h7-10H,1-6H2. The van der Waals surface area contributed by atoms with Gasteiger partial charge < -0.3 is 18.9 Å². The fourth-order valence-electron chi connectivity index (χ4n) is 3.74. The van der Waals surface area contributed by atoms with Gasteiger partial charge in [0.2, 0.25) is 0 Å². The minimum absolute atomic E-state index is 0.272. The van der Waals surface area contributed by atoms with Crippen molar-refractivity contribution in [3.63, 3.8) is 0 Å². The molecule has 2 saturated heterocycles. The van der Waals surface area contributed by atoms with E-state index in [0.717, 1.165) is 6.07 Å². The highest BCUT2D eigenvalue weighted by Gasteiger charge is 2.40. The Hall–Kier alpha value is -2.65. The van der Waals surface area contributed by atoms with Crippen LogP contribution < -0.4 is 4.90 Å². The SMILES string of the molecule is Fc1cc(F)cc(-c2noc3ncnc(N4CCC5(CC4)OCCO5)c23)c1. The van der Waals surface area contributed by atoms with Crippen molar-refractivity contribution in [2.24, 2.45) is 0 Å². The number of fused-ring (bicyclic) bond motifs is 1. The summed E-state index contributed by atoms with van der Waals surface area (Å²) in [6.07, 6.45) is 2.80. The molecule has 0 N–H and O–H groups in total. The van der Waals surface area contributed by atoms with Crippen molar-refractivity contribution < 1.29 is 22.8 Å². The number of halogens is 2. The largest absolute Gasteiger partial charge is 0.355 e. The number of nitrogens with zero attached hydrogens (tertiary/aromatic N) is 4. The molecule has 7 nitrogen and oxygen atoms in total. The molecule has 0 bridgehead atoms. The maximum absolute atomic E-state index is 13.7. The van der Waals surface area contributed by atoms with Crippen LogP contribution in [0.5, 0.6) is 0 Å². The maximum Gasteiger partial charge on any atom is 0.263 e. The molecular weight excluding hydrogens is 358 g/mol. The van der Waals surface area contributed by atoms with E-state index in [4.69, 9.17) is 14.0 Å². The Kier molecular flexibility index (Phi) is 3.80. The monoisotopic (exact) mass is 374 g/mol. The van der Waals surface area contributed by atoms with Gasteiger partial charge in [-0.3, -0.25) is 0 Å². The molecule has 1 spiro atoms. The Labute approximate surface area is 152 Å². The molecule has 2 fully saturated rings. The number of hydrogen-bond donors (Lipinski definition) is 0. The van der Waals surface area contributed by atoms with Crippen LogP contribution in [0.1, 0.15) is 12.8 Å². The lowest BCUT2D eigenvalue weighted by Crippen LogP contribution is -2.45. The van der Waals surface area contributed by atoms with Gasteiger partial charge in [-0.15, -0.1) is 0 Å². The van der Waals surface area contributed by atoms with Crippen LogP contribution in [-0.4, -0.2) is 47.2 Å². The third-order valence-electron chi connectivity index (χ3n) is 5.03. The molecule has 3 aromatic rings. The molecule has 5 rings (SSSR count). The smallest absolute Gasteiger partial charge is 0.263 e. The van der Waals surface area contributed by atoms with E-state index >= 15 is 0 Å². The quantitative estimate of drug-likeness (QED) is 0.683. The van der Waals surface area contributed by atoms with E-state index in [1.54, 1.807) is 0 Å².